The van der Waals surface area contributed by atoms with E-state index >= 15 is 0 Å². The first-order valence-electron chi connectivity index (χ1n) is 6.03. The van der Waals surface area contributed by atoms with E-state index in [1.807, 2.05) is 36.1 Å². The number of hydrogen-bond donors (Lipinski definition) is 3. The first kappa shape index (κ1) is 11.5. The number of benzene rings is 1. The van der Waals surface area contributed by atoms with Gasteiger partial charge in [0.1, 0.15) is 0 Å². The molecule has 0 spiro atoms. The maximum absolute atomic E-state index is 5.73. The molecule has 4 N–H and O–H groups in total. The molecular formula is C13H15N6+. The molecule has 0 saturated heterocycles. The molecule has 0 fully saturated rings. The molecule has 0 aliphatic rings. The lowest BCUT2D eigenvalue weighted by atomic mass is 10.2. The number of hydrogen-bond acceptors (Lipinski definition) is 4. The van der Waals surface area contributed by atoms with Crippen LogP contribution in [0.2, 0.25) is 0 Å². The van der Waals surface area contributed by atoms with Crippen LogP contribution in [0.4, 0.5) is 11.8 Å². The summed E-state index contributed by atoms with van der Waals surface area (Å²) >= 11 is 0. The fourth-order valence-corrected chi connectivity index (χ4v) is 2.09. The van der Waals surface area contributed by atoms with E-state index in [1.54, 1.807) is 0 Å². The summed E-state index contributed by atoms with van der Waals surface area (Å²) in [5, 5.41) is 3.01. The van der Waals surface area contributed by atoms with Crippen LogP contribution in [0.15, 0.2) is 36.7 Å². The van der Waals surface area contributed by atoms with Crippen LogP contribution in [0.25, 0.3) is 11.2 Å². The number of rotatable bonds is 3. The van der Waals surface area contributed by atoms with Crippen molar-refractivity contribution in [2.75, 3.05) is 18.1 Å². The minimum absolute atomic E-state index is 0.262. The van der Waals surface area contributed by atoms with Crippen LogP contribution in [0.5, 0.6) is 0 Å². The molecular weight excluding hydrogens is 240 g/mol. The number of imidazole rings is 1. The quantitative estimate of drug-likeness (QED) is 0.608. The Morgan fingerprint density at radius 2 is 2.05 bits per heavy atom. The van der Waals surface area contributed by atoms with Gasteiger partial charge in [0.15, 0.2) is 12.1 Å². The molecule has 6 nitrogen and oxygen atoms in total. The Kier molecular flexibility index (Phi) is 2.75. The van der Waals surface area contributed by atoms with Crippen LogP contribution in [0.3, 0.4) is 0 Å². The van der Waals surface area contributed by atoms with Crippen molar-refractivity contribution in [3.05, 3.63) is 42.2 Å². The summed E-state index contributed by atoms with van der Waals surface area (Å²) in [5.74, 6) is 0.965. The molecule has 0 amide bonds. The van der Waals surface area contributed by atoms with Gasteiger partial charge in [0, 0.05) is 7.05 Å². The second-order valence-electron chi connectivity index (χ2n) is 4.27. The number of fused-ring (bicyclic) bond motifs is 1. The van der Waals surface area contributed by atoms with Gasteiger partial charge in [-0.1, -0.05) is 35.3 Å². The minimum Gasteiger partial charge on any atom is -0.370 e. The zero-order valence-electron chi connectivity index (χ0n) is 10.6. The van der Waals surface area contributed by atoms with Gasteiger partial charge >= 0.3 is 5.65 Å². The van der Waals surface area contributed by atoms with Gasteiger partial charge in [-0.3, -0.25) is 4.98 Å². The van der Waals surface area contributed by atoms with Gasteiger partial charge in [-0.25, -0.2) is 4.57 Å². The van der Waals surface area contributed by atoms with Crippen molar-refractivity contribution in [2.24, 2.45) is 0 Å². The predicted octanol–water partition coefficient (Wildman–Crippen LogP) is 0.918. The Bertz CT molecular complexity index is 704. The van der Waals surface area contributed by atoms with E-state index in [2.05, 4.69) is 32.4 Å². The van der Waals surface area contributed by atoms with Crippen LogP contribution < -0.4 is 15.6 Å². The summed E-state index contributed by atoms with van der Waals surface area (Å²) in [4.78, 5) is 11.6. The average Bonchev–Trinajstić information content (AvgIpc) is 2.82. The van der Waals surface area contributed by atoms with Crippen molar-refractivity contribution in [3.63, 3.8) is 0 Å². The SMILES string of the molecule is CNc1nc(N)nc2c1[nH]c[n+]2Cc1ccccc1. The normalized spacial score (nSPS) is 10.8. The summed E-state index contributed by atoms with van der Waals surface area (Å²) < 4.78 is 2.02. The van der Waals surface area contributed by atoms with Crippen LogP contribution in [-0.4, -0.2) is 22.0 Å². The Morgan fingerprint density at radius 1 is 1.26 bits per heavy atom. The fourth-order valence-electron chi connectivity index (χ4n) is 2.09. The summed E-state index contributed by atoms with van der Waals surface area (Å²) in [6.07, 6.45) is 1.88. The third-order valence-corrected chi connectivity index (χ3v) is 2.98. The average molecular weight is 255 g/mol. The number of aromatic amines is 1. The lowest BCUT2D eigenvalue weighted by Gasteiger charge is -2.00. The molecule has 6 heteroatoms. The summed E-state index contributed by atoms with van der Waals surface area (Å²) in [5.41, 5.74) is 8.58. The molecule has 0 atom stereocenters. The van der Waals surface area contributed by atoms with Crippen molar-refractivity contribution in [1.82, 2.24) is 15.0 Å². The number of nitrogens with one attached hydrogen (secondary N) is 2. The fraction of sp³-hybridized carbons (Fsp3) is 0.154. The third-order valence-electron chi connectivity index (χ3n) is 2.98. The molecule has 0 unspecified atom stereocenters. The van der Waals surface area contributed by atoms with E-state index in [9.17, 15) is 0 Å². The van der Waals surface area contributed by atoms with E-state index in [0.717, 1.165) is 17.7 Å². The highest BCUT2D eigenvalue weighted by Crippen LogP contribution is 2.15. The van der Waals surface area contributed by atoms with Crippen molar-refractivity contribution >= 4 is 22.9 Å². The van der Waals surface area contributed by atoms with Crippen molar-refractivity contribution < 1.29 is 4.57 Å². The van der Waals surface area contributed by atoms with E-state index in [0.29, 0.717) is 5.82 Å². The number of nitrogens with two attached hydrogens (primary N) is 1. The third kappa shape index (κ3) is 2.08. The molecule has 0 aliphatic heterocycles. The molecule has 3 aromatic rings. The zero-order valence-corrected chi connectivity index (χ0v) is 10.6. The van der Waals surface area contributed by atoms with Gasteiger partial charge in [-0.15, -0.1) is 0 Å². The van der Waals surface area contributed by atoms with Gasteiger partial charge in [-0.2, -0.15) is 4.98 Å². The molecule has 0 radical (unpaired) electrons. The van der Waals surface area contributed by atoms with Crippen molar-refractivity contribution in [2.45, 2.75) is 6.54 Å². The summed E-state index contributed by atoms with van der Waals surface area (Å²) in [6, 6.07) is 10.2. The first-order chi connectivity index (χ1) is 9.28. The second kappa shape index (κ2) is 4.56. The van der Waals surface area contributed by atoms with Crippen LogP contribution in [0.1, 0.15) is 5.56 Å². The molecule has 19 heavy (non-hydrogen) atoms. The lowest BCUT2D eigenvalue weighted by Crippen LogP contribution is -2.33. The Labute approximate surface area is 110 Å². The van der Waals surface area contributed by atoms with Crippen LogP contribution >= 0.6 is 0 Å². The molecule has 0 saturated carbocycles. The number of nitrogens with zero attached hydrogens (tertiary/aromatic N) is 3. The second-order valence-corrected chi connectivity index (χ2v) is 4.27. The number of H-pyrrole nitrogens is 1. The summed E-state index contributed by atoms with van der Waals surface area (Å²) in [7, 11) is 1.81. The molecule has 3 rings (SSSR count). The van der Waals surface area contributed by atoms with Crippen LogP contribution in [-0.2, 0) is 6.54 Å². The zero-order chi connectivity index (χ0) is 13.2. The molecule has 96 valence electrons. The standard InChI is InChI=1S/C13H14N6/c1-15-11-10-12(18-13(14)17-11)19(8-16-10)7-9-5-3-2-4-6-9/h2-6,8H,7H2,1H3,(H3,14,15,17,18)/p+1. The number of nitrogen functional groups attached to an aromatic ring is 1. The van der Waals surface area contributed by atoms with Crippen LogP contribution in [0, 0.1) is 0 Å². The highest BCUT2D eigenvalue weighted by Gasteiger charge is 2.17. The van der Waals surface area contributed by atoms with Gasteiger partial charge in [-0.05, 0) is 5.56 Å². The van der Waals surface area contributed by atoms with Gasteiger partial charge < -0.3 is 11.1 Å². The number of aromatic nitrogens is 4. The van der Waals surface area contributed by atoms with E-state index in [4.69, 9.17) is 5.73 Å². The Balaban J connectivity index is 2.08. The van der Waals surface area contributed by atoms with Gasteiger partial charge in [0.2, 0.25) is 5.52 Å². The Hall–Kier alpha value is -2.63. The van der Waals surface area contributed by atoms with E-state index in [-0.39, 0.29) is 5.95 Å². The molecule has 2 heterocycles. The summed E-state index contributed by atoms with van der Waals surface area (Å²) in [6.45, 7) is 0.737. The molecule has 0 aliphatic carbocycles. The van der Waals surface area contributed by atoms with Crippen molar-refractivity contribution in [3.8, 4) is 0 Å². The molecule has 0 bridgehead atoms. The molecule has 1 aromatic carbocycles. The first-order valence-corrected chi connectivity index (χ1v) is 6.03. The highest BCUT2D eigenvalue weighted by atomic mass is 15.2. The topological polar surface area (TPSA) is 83.5 Å². The maximum Gasteiger partial charge on any atom is 0.309 e. The predicted molar refractivity (Wildman–Crippen MR) is 73.6 cm³/mol. The molecule has 2 aromatic heterocycles. The maximum atomic E-state index is 5.73. The Morgan fingerprint density at radius 3 is 2.79 bits per heavy atom. The van der Waals surface area contributed by atoms with Crippen molar-refractivity contribution in [1.29, 1.82) is 0 Å². The highest BCUT2D eigenvalue weighted by molar-refractivity contribution is 5.81. The van der Waals surface area contributed by atoms with E-state index < -0.39 is 0 Å². The minimum atomic E-state index is 0.262. The number of anilines is 2. The lowest BCUT2D eigenvalue weighted by molar-refractivity contribution is -0.664. The van der Waals surface area contributed by atoms with Gasteiger partial charge in [0.25, 0.3) is 5.95 Å². The van der Waals surface area contributed by atoms with E-state index in [1.165, 1.54) is 5.56 Å². The largest absolute Gasteiger partial charge is 0.370 e. The monoisotopic (exact) mass is 255 g/mol. The van der Waals surface area contributed by atoms with Gasteiger partial charge in [0.05, 0.1) is 6.54 Å². The smallest absolute Gasteiger partial charge is 0.309 e.